The third-order valence-corrected chi connectivity index (χ3v) is 2.18. The van der Waals surface area contributed by atoms with Gasteiger partial charge in [-0.05, 0) is 6.92 Å². The van der Waals surface area contributed by atoms with Crippen LogP contribution in [0.5, 0.6) is 0 Å². The summed E-state index contributed by atoms with van der Waals surface area (Å²) >= 11 is 0. The summed E-state index contributed by atoms with van der Waals surface area (Å²) < 4.78 is 3.74. The van der Waals surface area contributed by atoms with Gasteiger partial charge >= 0.3 is 0 Å². The van der Waals surface area contributed by atoms with E-state index in [1.54, 1.807) is 4.68 Å². The fraction of sp³-hybridized carbons (Fsp3) is 0.273. The van der Waals surface area contributed by atoms with E-state index < -0.39 is 0 Å². The van der Waals surface area contributed by atoms with E-state index in [9.17, 15) is 0 Å². The van der Waals surface area contributed by atoms with Crippen LogP contribution in [-0.4, -0.2) is 19.3 Å². The normalized spacial score (nSPS) is 10.4. The average molecular weight is 217 g/mol. The first-order valence-corrected chi connectivity index (χ1v) is 5.10. The predicted octanol–water partition coefficient (Wildman–Crippen LogP) is 1.85. The zero-order valence-corrected chi connectivity index (χ0v) is 9.51. The van der Waals surface area contributed by atoms with Gasteiger partial charge in [0.05, 0.1) is 5.69 Å². The molecule has 0 aliphatic heterocycles. The second-order valence-electron chi connectivity index (χ2n) is 3.65. The Morgan fingerprint density at radius 1 is 1.56 bits per heavy atom. The van der Waals surface area contributed by atoms with Crippen LogP contribution in [-0.2, 0) is 13.6 Å². The molecule has 0 radical (unpaired) electrons. The van der Waals surface area contributed by atoms with Crippen molar-refractivity contribution in [1.29, 1.82) is 0 Å². The van der Waals surface area contributed by atoms with Gasteiger partial charge in [-0.2, -0.15) is 5.10 Å². The molecule has 0 bridgehead atoms. The Balaban J connectivity index is 2.23. The number of nitrogens with zero attached hydrogens (tertiary/aromatic N) is 4. The summed E-state index contributed by atoms with van der Waals surface area (Å²) in [5.74, 6) is 1.58. The lowest BCUT2D eigenvalue weighted by Gasteiger charge is -2.04. The van der Waals surface area contributed by atoms with Gasteiger partial charge in [0.15, 0.2) is 5.82 Å². The number of anilines is 2. The van der Waals surface area contributed by atoms with Gasteiger partial charge in [0.2, 0.25) is 5.95 Å². The van der Waals surface area contributed by atoms with E-state index in [-0.39, 0.29) is 0 Å². The molecule has 0 spiro atoms. The second kappa shape index (κ2) is 4.22. The summed E-state index contributed by atoms with van der Waals surface area (Å²) in [4.78, 5) is 4.39. The van der Waals surface area contributed by atoms with E-state index in [0.29, 0.717) is 0 Å². The molecular weight excluding hydrogens is 202 g/mol. The fourth-order valence-electron chi connectivity index (χ4n) is 1.52. The Morgan fingerprint density at radius 3 is 3.00 bits per heavy atom. The Kier molecular flexibility index (Phi) is 2.76. The number of nitrogens with one attached hydrogen (secondary N) is 1. The van der Waals surface area contributed by atoms with Crippen LogP contribution < -0.4 is 5.32 Å². The van der Waals surface area contributed by atoms with Crippen molar-refractivity contribution in [3.8, 4) is 0 Å². The number of imidazole rings is 1. The van der Waals surface area contributed by atoms with Crippen molar-refractivity contribution in [2.75, 3.05) is 5.32 Å². The summed E-state index contributed by atoms with van der Waals surface area (Å²) in [7, 11) is 1.88. The molecule has 84 valence electrons. The topological polar surface area (TPSA) is 47.7 Å². The van der Waals surface area contributed by atoms with Gasteiger partial charge in [0.25, 0.3) is 0 Å². The highest BCUT2D eigenvalue weighted by Gasteiger charge is 2.05. The van der Waals surface area contributed by atoms with Gasteiger partial charge in [-0.25, -0.2) is 4.98 Å². The molecule has 0 atom stereocenters. The second-order valence-corrected chi connectivity index (χ2v) is 3.65. The highest BCUT2D eigenvalue weighted by atomic mass is 15.3. The molecule has 2 aromatic rings. The monoisotopic (exact) mass is 217 g/mol. The maximum Gasteiger partial charge on any atom is 0.209 e. The number of allylic oxidation sites excluding steroid dienone is 1. The number of aryl methyl sites for hydroxylation is 2. The molecule has 0 unspecified atom stereocenters. The number of hydrogen-bond acceptors (Lipinski definition) is 3. The predicted molar refractivity (Wildman–Crippen MR) is 63.7 cm³/mol. The molecule has 16 heavy (non-hydrogen) atoms. The molecule has 0 aliphatic carbocycles. The number of aromatic nitrogens is 4. The van der Waals surface area contributed by atoms with E-state index in [2.05, 4.69) is 22.0 Å². The minimum atomic E-state index is 0.732. The van der Waals surface area contributed by atoms with Crippen molar-refractivity contribution in [2.45, 2.75) is 13.5 Å². The Morgan fingerprint density at radius 2 is 2.38 bits per heavy atom. The van der Waals surface area contributed by atoms with Crippen LogP contribution in [0.4, 0.5) is 11.8 Å². The lowest BCUT2D eigenvalue weighted by Crippen LogP contribution is -2.02. The SMILES string of the molecule is C=CCn1cc(C)nc1Nc1ccn(C)n1. The lowest BCUT2D eigenvalue weighted by atomic mass is 10.5. The standard InChI is InChI=1S/C11H15N5/c1-4-6-16-8-9(2)12-11(16)13-10-5-7-15(3)14-10/h4-5,7-8H,1,6H2,2-3H3,(H,12,13,14). The van der Waals surface area contributed by atoms with E-state index in [1.165, 1.54) is 0 Å². The molecule has 0 saturated carbocycles. The van der Waals surface area contributed by atoms with Crippen molar-refractivity contribution in [3.05, 3.63) is 36.8 Å². The number of hydrogen-bond donors (Lipinski definition) is 1. The van der Waals surface area contributed by atoms with Crippen molar-refractivity contribution >= 4 is 11.8 Å². The molecule has 0 fully saturated rings. The van der Waals surface area contributed by atoms with Gasteiger partial charge in [-0.15, -0.1) is 6.58 Å². The molecule has 1 N–H and O–H groups in total. The molecule has 2 rings (SSSR count). The van der Waals surface area contributed by atoms with E-state index in [4.69, 9.17) is 0 Å². The summed E-state index contributed by atoms with van der Waals surface area (Å²) in [5, 5.41) is 7.41. The average Bonchev–Trinajstić information content (AvgIpc) is 2.76. The first kappa shape index (κ1) is 10.5. The fourth-order valence-corrected chi connectivity index (χ4v) is 1.52. The Hall–Kier alpha value is -2.04. The summed E-state index contributed by atoms with van der Waals surface area (Å²) in [6.07, 6.45) is 5.70. The zero-order valence-electron chi connectivity index (χ0n) is 9.51. The quantitative estimate of drug-likeness (QED) is 0.795. The minimum absolute atomic E-state index is 0.732. The molecule has 5 nitrogen and oxygen atoms in total. The maximum atomic E-state index is 4.39. The van der Waals surface area contributed by atoms with Crippen LogP contribution in [0.3, 0.4) is 0 Å². The van der Waals surface area contributed by atoms with Crippen molar-refractivity contribution < 1.29 is 0 Å². The minimum Gasteiger partial charge on any atom is -0.313 e. The van der Waals surface area contributed by atoms with Crippen molar-refractivity contribution in [2.24, 2.45) is 7.05 Å². The molecule has 0 aromatic carbocycles. The van der Waals surface area contributed by atoms with Crippen LogP contribution in [0.1, 0.15) is 5.69 Å². The molecule has 0 amide bonds. The van der Waals surface area contributed by atoms with Crippen LogP contribution in [0.2, 0.25) is 0 Å². The largest absolute Gasteiger partial charge is 0.313 e. The molecule has 2 aromatic heterocycles. The third kappa shape index (κ3) is 2.13. The van der Waals surface area contributed by atoms with Gasteiger partial charge < -0.3 is 9.88 Å². The van der Waals surface area contributed by atoms with Crippen molar-refractivity contribution in [3.63, 3.8) is 0 Å². The first-order chi connectivity index (χ1) is 7.69. The Bertz CT molecular complexity index is 494. The maximum absolute atomic E-state index is 4.39. The smallest absolute Gasteiger partial charge is 0.209 e. The summed E-state index contributed by atoms with van der Waals surface area (Å²) in [5.41, 5.74) is 0.972. The van der Waals surface area contributed by atoms with Gasteiger partial charge in [-0.1, -0.05) is 6.08 Å². The van der Waals surface area contributed by atoms with Crippen LogP contribution in [0.15, 0.2) is 31.1 Å². The van der Waals surface area contributed by atoms with E-state index in [1.807, 2.05) is 43.1 Å². The highest BCUT2D eigenvalue weighted by molar-refractivity contribution is 5.47. The van der Waals surface area contributed by atoms with Crippen LogP contribution in [0, 0.1) is 6.92 Å². The third-order valence-electron chi connectivity index (χ3n) is 2.18. The van der Waals surface area contributed by atoms with Gasteiger partial charge in [0.1, 0.15) is 0 Å². The first-order valence-electron chi connectivity index (χ1n) is 5.10. The van der Waals surface area contributed by atoms with E-state index in [0.717, 1.165) is 24.0 Å². The van der Waals surface area contributed by atoms with Gasteiger partial charge in [-0.3, -0.25) is 4.68 Å². The van der Waals surface area contributed by atoms with Crippen molar-refractivity contribution in [1.82, 2.24) is 19.3 Å². The van der Waals surface area contributed by atoms with Crippen LogP contribution >= 0.6 is 0 Å². The Labute approximate surface area is 94.4 Å². The molecule has 0 saturated heterocycles. The zero-order chi connectivity index (χ0) is 11.5. The summed E-state index contributed by atoms with van der Waals surface area (Å²) in [6.45, 7) is 6.42. The lowest BCUT2D eigenvalue weighted by molar-refractivity contribution is 0.768. The molecule has 0 aliphatic rings. The molecule has 2 heterocycles. The highest BCUT2D eigenvalue weighted by Crippen LogP contribution is 2.14. The molecular formula is C11H15N5. The summed E-state index contributed by atoms with van der Waals surface area (Å²) in [6, 6.07) is 1.91. The van der Waals surface area contributed by atoms with E-state index >= 15 is 0 Å². The number of rotatable bonds is 4. The van der Waals surface area contributed by atoms with Crippen LogP contribution in [0.25, 0.3) is 0 Å². The molecule has 5 heteroatoms. The van der Waals surface area contributed by atoms with Gasteiger partial charge in [0, 0.05) is 32.1 Å².